The van der Waals surface area contributed by atoms with Gasteiger partial charge in [-0.2, -0.15) is 10.5 Å². The molecular formula is C10H8N4O. The van der Waals surface area contributed by atoms with Crippen molar-refractivity contribution in [1.82, 2.24) is 0 Å². The van der Waals surface area contributed by atoms with Crippen molar-refractivity contribution in [2.45, 2.75) is 6.92 Å². The summed E-state index contributed by atoms with van der Waals surface area (Å²) in [4.78, 5) is 3.90. The minimum absolute atomic E-state index is 0.105. The zero-order valence-corrected chi connectivity index (χ0v) is 8.06. The van der Waals surface area contributed by atoms with Crippen LogP contribution in [0.25, 0.3) is 0 Å². The third-order valence-corrected chi connectivity index (χ3v) is 1.64. The Morgan fingerprint density at radius 2 is 2.20 bits per heavy atom. The van der Waals surface area contributed by atoms with Gasteiger partial charge in [-0.25, -0.2) is 4.99 Å². The van der Waals surface area contributed by atoms with Crippen LogP contribution >= 0.6 is 0 Å². The molecule has 0 unspecified atom stereocenters. The molecule has 0 bridgehead atoms. The lowest BCUT2D eigenvalue weighted by atomic mass is 10.3. The van der Waals surface area contributed by atoms with Crippen LogP contribution < -0.4 is 5.73 Å². The Morgan fingerprint density at radius 1 is 1.47 bits per heavy atom. The fourth-order valence-corrected chi connectivity index (χ4v) is 0.906. The molecule has 0 saturated carbocycles. The normalized spacial score (nSPS) is 12.6. The molecule has 0 amide bonds. The highest BCUT2D eigenvalue weighted by atomic mass is 16.3. The van der Waals surface area contributed by atoms with Crippen molar-refractivity contribution in [1.29, 1.82) is 10.5 Å². The molecule has 0 aliphatic rings. The van der Waals surface area contributed by atoms with Gasteiger partial charge in [-0.05, 0) is 19.1 Å². The first-order valence-electron chi connectivity index (χ1n) is 4.08. The Kier molecular flexibility index (Phi) is 3.26. The summed E-state index contributed by atoms with van der Waals surface area (Å²) in [5.41, 5.74) is 5.47. The Bertz CT molecular complexity index is 482. The fourth-order valence-electron chi connectivity index (χ4n) is 0.906. The first kappa shape index (κ1) is 10.6. The molecule has 0 aromatic carbocycles. The van der Waals surface area contributed by atoms with Crippen LogP contribution in [0.4, 0.5) is 0 Å². The lowest BCUT2D eigenvalue weighted by Crippen LogP contribution is -2.00. The van der Waals surface area contributed by atoms with Gasteiger partial charge in [0.25, 0.3) is 0 Å². The lowest BCUT2D eigenvalue weighted by Gasteiger charge is -1.95. The number of allylic oxidation sites excluding steroid dienone is 2. The second-order valence-electron chi connectivity index (χ2n) is 2.66. The lowest BCUT2D eigenvalue weighted by molar-refractivity contribution is 0.557. The number of furan rings is 1. The number of nitrogens with zero attached hydrogens (tertiary/aromatic N) is 3. The summed E-state index contributed by atoms with van der Waals surface area (Å²) in [7, 11) is 0. The second-order valence-corrected chi connectivity index (χ2v) is 2.66. The van der Waals surface area contributed by atoms with Crippen molar-refractivity contribution in [3.05, 3.63) is 35.6 Å². The maximum atomic E-state index is 8.70. The topological polar surface area (TPSA) is 99.1 Å². The molecule has 0 spiro atoms. The quantitative estimate of drug-likeness (QED) is 0.574. The van der Waals surface area contributed by atoms with Crippen LogP contribution in [-0.4, -0.2) is 5.71 Å². The molecular weight excluding hydrogens is 192 g/mol. The smallest absolute Gasteiger partial charge is 0.174 e. The molecule has 74 valence electrons. The maximum Gasteiger partial charge on any atom is 0.174 e. The van der Waals surface area contributed by atoms with E-state index in [0.717, 1.165) is 0 Å². The predicted molar refractivity (Wildman–Crippen MR) is 53.4 cm³/mol. The molecule has 0 fully saturated rings. The number of hydrogen-bond acceptors (Lipinski definition) is 5. The fraction of sp³-hybridized carbons (Fsp3) is 0.100. The Morgan fingerprint density at radius 3 is 2.67 bits per heavy atom. The third kappa shape index (κ3) is 2.45. The summed E-state index contributed by atoms with van der Waals surface area (Å²) < 4.78 is 5.07. The van der Waals surface area contributed by atoms with Crippen LogP contribution in [0.3, 0.4) is 0 Å². The van der Waals surface area contributed by atoms with Crippen molar-refractivity contribution in [2.24, 2.45) is 10.7 Å². The molecule has 0 saturated heterocycles. The van der Waals surface area contributed by atoms with E-state index < -0.39 is 0 Å². The van der Waals surface area contributed by atoms with Crippen molar-refractivity contribution in [3.8, 4) is 12.1 Å². The van der Waals surface area contributed by atoms with E-state index >= 15 is 0 Å². The summed E-state index contributed by atoms with van der Waals surface area (Å²) in [6, 6.07) is 6.82. The van der Waals surface area contributed by atoms with Gasteiger partial charge in [0.2, 0.25) is 0 Å². The highest BCUT2D eigenvalue weighted by molar-refractivity contribution is 5.97. The van der Waals surface area contributed by atoms with Crippen LogP contribution in [0.2, 0.25) is 0 Å². The summed E-state index contributed by atoms with van der Waals surface area (Å²) in [6.07, 6.45) is 1.50. The van der Waals surface area contributed by atoms with Gasteiger partial charge in [0.05, 0.1) is 12.0 Å². The van der Waals surface area contributed by atoms with Crippen LogP contribution in [0.15, 0.2) is 39.2 Å². The van der Waals surface area contributed by atoms with E-state index in [1.165, 1.54) is 6.26 Å². The van der Waals surface area contributed by atoms with Gasteiger partial charge < -0.3 is 10.2 Å². The molecule has 5 nitrogen and oxygen atoms in total. The summed E-state index contributed by atoms with van der Waals surface area (Å²) in [6.45, 7) is 1.67. The average molecular weight is 200 g/mol. The van der Waals surface area contributed by atoms with Crippen molar-refractivity contribution >= 4 is 5.71 Å². The molecule has 0 aliphatic heterocycles. The largest absolute Gasteiger partial charge is 0.463 e. The zero-order valence-electron chi connectivity index (χ0n) is 8.06. The highest BCUT2D eigenvalue weighted by Crippen LogP contribution is 2.06. The van der Waals surface area contributed by atoms with Crippen molar-refractivity contribution in [3.63, 3.8) is 0 Å². The molecule has 5 heteroatoms. The number of aliphatic imine (C=N–C) groups is 1. The Balaban J connectivity index is 3.09. The Hall–Kier alpha value is -2.53. The van der Waals surface area contributed by atoms with E-state index in [1.807, 2.05) is 0 Å². The molecule has 0 aliphatic carbocycles. The zero-order chi connectivity index (χ0) is 11.3. The number of nitriles is 2. The van der Waals surface area contributed by atoms with Crippen LogP contribution in [0.1, 0.15) is 12.7 Å². The number of nitrogens with two attached hydrogens (primary N) is 1. The molecule has 0 radical (unpaired) electrons. The Labute approximate surface area is 86.7 Å². The average Bonchev–Trinajstić information content (AvgIpc) is 2.77. The first-order valence-corrected chi connectivity index (χ1v) is 4.08. The highest BCUT2D eigenvalue weighted by Gasteiger charge is 2.04. The minimum atomic E-state index is -0.205. The first-order chi connectivity index (χ1) is 7.19. The second kappa shape index (κ2) is 4.64. The number of rotatable bonds is 2. The SMILES string of the molecule is CC(=N/C(C#N)=C(\N)C#N)c1ccco1. The molecule has 1 aromatic rings. The monoisotopic (exact) mass is 200 g/mol. The van der Waals surface area contributed by atoms with Crippen molar-refractivity contribution in [2.75, 3.05) is 0 Å². The van der Waals surface area contributed by atoms with Gasteiger partial charge in [0, 0.05) is 0 Å². The summed E-state index contributed by atoms with van der Waals surface area (Å²) in [5, 5.41) is 17.2. The van der Waals surface area contributed by atoms with E-state index in [0.29, 0.717) is 11.5 Å². The van der Waals surface area contributed by atoms with E-state index in [1.54, 1.807) is 31.2 Å². The van der Waals surface area contributed by atoms with Gasteiger partial charge in [-0.1, -0.05) is 0 Å². The molecule has 1 rings (SSSR count). The summed E-state index contributed by atoms with van der Waals surface area (Å²) >= 11 is 0. The standard InChI is InChI=1S/C10H8N4O/c1-7(10-3-2-4-15-10)14-9(6-12)8(13)5-11/h2-4H,13H2,1H3/b9-8-,14-7?. The third-order valence-electron chi connectivity index (χ3n) is 1.64. The predicted octanol–water partition coefficient (Wildman–Crippen LogP) is 1.31. The molecule has 2 N–H and O–H groups in total. The molecule has 0 atom stereocenters. The van der Waals surface area contributed by atoms with Gasteiger partial charge in [0.1, 0.15) is 23.6 Å². The van der Waals surface area contributed by atoms with E-state index in [2.05, 4.69) is 4.99 Å². The van der Waals surface area contributed by atoms with Gasteiger partial charge in [-0.3, -0.25) is 0 Å². The van der Waals surface area contributed by atoms with Gasteiger partial charge in [-0.15, -0.1) is 0 Å². The van der Waals surface area contributed by atoms with Crippen LogP contribution in [0.5, 0.6) is 0 Å². The summed E-state index contributed by atoms with van der Waals surface area (Å²) in [5.74, 6) is 0.536. The van der Waals surface area contributed by atoms with Crippen molar-refractivity contribution < 1.29 is 4.42 Å². The van der Waals surface area contributed by atoms with E-state index in [4.69, 9.17) is 20.7 Å². The molecule has 1 aromatic heterocycles. The minimum Gasteiger partial charge on any atom is -0.463 e. The maximum absolute atomic E-state index is 8.70. The van der Waals surface area contributed by atoms with Crippen LogP contribution in [-0.2, 0) is 0 Å². The van der Waals surface area contributed by atoms with Gasteiger partial charge in [0.15, 0.2) is 5.70 Å². The molecule has 15 heavy (non-hydrogen) atoms. The van der Waals surface area contributed by atoms with E-state index in [9.17, 15) is 0 Å². The van der Waals surface area contributed by atoms with E-state index in [-0.39, 0.29) is 11.4 Å². The van der Waals surface area contributed by atoms with Crippen LogP contribution in [0, 0.1) is 22.7 Å². The number of hydrogen-bond donors (Lipinski definition) is 1. The van der Waals surface area contributed by atoms with Gasteiger partial charge >= 0.3 is 0 Å². The molecule has 1 heterocycles.